The molecule has 1 aliphatic carbocycles. The molecule has 2 atom stereocenters. The second kappa shape index (κ2) is 5.98. The third kappa shape index (κ3) is 2.44. The fraction of sp³-hybridized carbons (Fsp3) is 0.500. The molecule has 0 radical (unpaired) electrons. The first-order valence-corrected chi connectivity index (χ1v) is 9.45. The molecule has 2 amide bonds. The maximum atomic E-state index is 13.5. The number of amides is 2. The molecule has 3 aliphatic rings. The summed E-state index contributed by atoms with van der Waals surface area (Å²) >= 11 is 5.25. The van der Waals surface area contributed by atoms with Crippen LogP contribution in [0.2, 0.25) is 0 Å². The Labute approximate surface area is 161 Å². The number of rotatable bonds is 3. The second-order valence-electron chi connectivity index (χ2n) is 7.35. The molecular weight excluding hydrogens is 368 g/mol. The minimum atomic E-state index is -1.34. The zero-order chi connectivity index (χ0) is 19.5. The van der Waals surface area contributed by atoms with Gasteiger partial charge >= 0.3 is 0 Å². The number of benzene rings is 1. The summed E-state index contributed by atoms with van der Waals surface area (Å²) < 4.78 is 0. The quantitative estimate of drug-likeness (QED) is 0.367. The molecule has 1 saturated carbocycles. The van der Waals surface area contributed by atoms with Crippen molar-refractivity contribution in [3.63, 3.8) is 0 Å². The van der Waals surface area contributed by atoms with Crippen molar-refractivity contribution in [2.75, 3.05) is 11.4 Å². The van der Waals surface area contributed by atoms with Crippen molar-refractivity contribution in [1.82, 2.24) is 10.2 Å². The minimum Gasteiger partial charge on any atom is -0.367 e. The predicted octanol–water partition coefficient (Wildman–Crippen LogP) is 1.76. The standard InChI is InChI=1S/C18H20N4O4S/c1-3-20-10(2)18(9-11-8-13(22(25)26)6-7-14(11)20)15(23)19-17(27)21(16(18)24)12-4-5-12/h6-8,10,12H,3-5,9H2,1-2H3,(H,19,23,27)/t10-,18+/m0/s1. The lowest BCUT2D eigenvalue weighted by Gasteiger charge is -2.51. The number of nitrogens with one attached hydrogen (secondary N) is 1. The van der Waals surface area contributed by atoms with E-state index in [1.165, 1.54) is 12.1 Å². The van der Waals surface area contributed by atoms with Crippen LogP contribution in [-0.2, 0) is 16.0 Å². The van der Waals surface area contributed by atoms with E-state index in [-0.39, 0.29) is 29.2 Å². The van der Waals surface area contributed by atoms with E-state index in [9.17, 15) is 19.7 Å². The predicted molar refractivity (Wildman–Crippen MR) is 102 cm³/mol. The van der Waals surface area contributed by atoms with E-state index in [2.05, 4.69) is 5.32 Å². The van der Waals surface area contributed by atoms with Gasteiger partial charge in [-0.3, -0.25) is 24.6 Å². The Balaban J connectivity index is 1.85. The molecule has 142 valence electrons. The zero-order valence-electron chi connectivity index (χ0n) is 15.1. The molecule has 2 heterocycles. The lowest BCUT2D eigenvalue weighted by Crippen LogP contribution is -2.71. The number of non-ortho nitro benzene ring substituents is 1. The Morgan fingerprint density at radius 2 is 2.07 bits per heavy atom. The Bertz CT molecular complexity index is 884. The number of fused-ring (bicyclic) bond motifs is 1. The summed E-state index contributed by atoms with van der Waals surface area (Å²) in [7, 11) is 0. The van der Waals surface area contributed by atoms with E-state index in [0.717, 1.165) is 18.5 Å². The average Bonchev–Trinajstić information content (AvgIpc) is 3.44. The van der Waals surface area contributed by atoms with Crippen LogP contribution < -0.4 is 10.2 Å². The number of carbonyl (C=O) groups is 2. The van der Waals surface area contributed by atoms with Gasteiger partial charge in [-0.15, -0.1) is 0 Å². The fourth-order valence-corrected chi connectivity index (χ4v) is 4.66. The average molecular weight is 388 g/mol. The fourth-order valence-electron chi connectivity index (χ4n) is 4.34. The van der Waals surface area contributed by atoms with E-state index < -0.39 is 22.3 Å². The Morgan fingerprint density at radius 1 is 1.37 bits per heavy atom. The van der Waals surface area contributed by atoms with Crippen molar-refractivity contribution in [1.29, 1.82) is 0 Å². The first kappa shape index (κ1) is 17.8. The van der Waals surface area contributed by atoms with Crippen molar-refractivity contribution >= 4 is 40.5 Å². The lowest BCUT2D eigenvalue weighted by atomic mass is 9.69. The van der Waals surface area contributed by atoms with Gasteiger partial charge in [-0.05, 0) is 50.5 Å². The van der Waals surface area contributed by atoms with Gasteiger partial charge in [-0.25, -0.2) is 0 Å². The molecule has 0 aromatic heterocycles. The largest absolute Gasteiger partial charge is 0.367 e. The molecule has 9 heteroatoms. The van der Waals surface area contributed by atoms with Crippen LogP contribution in [0, 0.1) is 15.5 Å². The van der Waals surface area contributed by atoms with Gasteiger partial charge in [-0.1, -0.05) is 0 Å². The highest BCUT2D eigenvalue weighted by molar-refractivity contribution is 7.80. The van der Waals surface area contributed by atoms with Gasteiger partial charge in [0.1, 0.15) is 0 Å². The third-order valence-corrected chi connectivity index (χ3v) is 6.23. The van der Waals surface area contributed by atoms with Gasteiger partial charge < -0.3 is 10.2 Å². The SMILES string of the molecule is CCN1c2ccc([N+](=O)[O-])cc2C[C@]2(C(=O)NC(=S)N(C3CC3)C2=O)[C@@H]1C. The molecule has 4 rings (SSSR count). The molecule has 0 bridgehead atoms. The molecule has 1 N–H and O–H groups in total. The van der Waals surface area contributed by atoms with Gasteiger partial charge in [0.25, 0.3) is 5.69 Å². The first-order valence-electron chi connectivity index (χ1n) is 9.04. The van der Waals surface area contributed by atoms with E-state index in [1.807, 2.05) is 18.7 Å². The number of nitro groups is 1. The van der Waals surface area contributed by atoms with Crippen LogP contribution in [0.5, 0.6) is 0 Å². The Morgan fingerprint density at radius 3 is 2.67 bits per heavy atom. The molecule has 2 fully saturated rings. The van der Waals surface area contributed by atoms with Crippen molar-refractivity contribution in [3.05, 3.63) is 33.9 Å². The van der Waals surface area contributed by atoms with E-state index in [0.29, 0.717) is 12.1 Å². The van der Waals surface area contributed by atoms with E-state index in [1.54, 1.807) is 11.0 Å². The van der Waals surface area contributed by atoms with Crippen LogP contribution in [-0.4, -0.2) is 45.4 Å². The maximum Gasteiger partial charge on any atom is 0.269 e. The number of nitro benzene ring substituents is 1. The minimum absolute atomic E-state index is 0.0382. The second-order valence-corrected chi connectivity index (χ2v) is 7.73. The van der Waals surface area contributed by atoms with Crippen molar-refractivity contribution in [2.24, 2.45) is 5.41 Å². The lowest BCUT2D eigenvalue weighted by molar-refractivity contribution is -0.384. The molecule has 1 aromatic carbocycles. The molecule has 1 spiro atoms. The van der Waals surface area contributed by atoms with E-state index in [4.69, 9.17) is 12.2 Å². The van der Waals surface area contributed by atoms with Crippen molar-refractivity contribution in [3.8, 4) is 0 Å². The number of hydrogen-bond acceptors (Lipinski definition) is 6. The Hall–Kier alpha value is -2.55. The van der Waals surface area contributed by atoms with Crippen LogP contribution in [0.15, 0.2) is 18.2 Å². The highest BCUT2D eigenvalue weighted by Crippen LogP contribution is 2.46. The molecule has 0 unspecified atom stereocenters. The molecular formula is C18H20N4O4S. The molecule has 1 aromatic rings. The molecule has 8 nitrogen and oxygen atoms in total. The summed E-state index contributed by atoms with van der Waals surface area (Å²) in [6, 6.07) is 4.28. The molecule has 1 saturated heterocycles. The number of carbonyl (C=O) groups excluding carboxylic acids is 2. The van der Waals surface area contributed by atoms with Crippen molar-refractivity contribution in [2.45, 2.75) is 45.2 Å². The van der Waals surface area contributed by atoms with Crippen LogP contribution >= 0.6 is 12.2 Å². The maximum absolute atomic E-state index is 13.5. The van der Waals surface area contributed by atoms with Gasteiger partial charge in [0.15, 0.2) is 10.5 Å². The summed E-state index contributed by atoms with van der Waals surface area (Å²) in [6.07, 6.45) is 1.86. The summed E-state index contributed by atoms with van der Waals surface area (Å²) in [5.41, 5.74) is 0.0697. The number of thiocarbonyl (C=S) groups is 1. The zero-order valence-corrected chi connectivity index (χ0v) is 15.9. The van der Waals surface area contributed by atoms with Crippen molar-refractivity contribution < 1.29 is 14.5 Å². The monoisotopic (exact) mass is 388 g/mol. The van der Waals surface area contributed by atoms with Gasteiger partial charge in [0, 0.05) is 42.9 Å². The van der Waals surface area contributed by atoms with Gasteiger partial charge in [0.2, 0.25) is 11.8 Å². The van der Waals surface area contributed by atoms with Gasteiger partial charge in [-0.2, -0.15) is 0 Å². The van der Waals surface area contributed by atoms with Crippen LogP contribution in [0.3, 0.4) is 0 Å². The summed E-state index contributed by atoms with van der Waals surface area (Å²) in [5.74, 6) is -0.709. The third-order valence-electron chi connectivity index (χ3n) is 5.93. The molecule has 27 heavy (non-hydrogen) atoms. The normalized spacial score (nSPS) is 27.6. The number of nitrogens with zero attached hydrogens (tertiary/aromatic N) is 3. The van der Waals surface area contributed by atoms with Gasteiger partial charge in [0.05, 0.1) is 4.92 Å². The number of hydrogen-bond donors (Lipinski definition) is 1. The van der Waals surface area contributed by atoms with Crippen LogP contribution in [0.4, 0.5) is 11.4 Å². The summed E-state index contributed by atoms with van der Waals surface area (Å²) in [5, 5.41) is 14.1. The van der Waals surface area contributed by atoms with Crippen LogP contribution in [0.1, 0.15) is 32.3 Å². The molecule has 2 aliphatic heterocycles. The summed E-state index contributed by atoms with van der Waals surface area (Å²) in [4.78, 5) is 40.9. The highest BCUT2D eigenvalue weighted by atomic mass is 32.1. The Kier molecular flexibility index (Phi) is 3.95. The summed E-state index contributed by atoms with van der Waals surface area (Å²) in [6.45, 7) is 4.38. The number of anilines is 1. The smallest absolute Gasteiger partial charge is 0.269 e. The highest BCUT2D eigenvalue weighted by Gasteiger charge is 2.61. The van der Waals surface area contributed by atoms with E-state index >= 15 is 0 Å². The topological polar surface area (TPSA) is 95.8 Å². The van der Waals surface area contributed by atoms with Crippen LogP contribution in [0.25, 0.3) is 0 Å². The first-order chi connectivity index (χ1) is 12.8.